The van der Waals surface area contributed by atoms with Gasteiger partial charge >= 0.3 is 5.97 Å². The van der Waals surface area contributed by atoms with E-state index in [1.807, 2.05) is 0 Å². The fraction of sp³-hybridized carbons (Fsp3) is 0.872. The summed E-state index contributed by atoms with van der Waals surface area (Å²) in [6, 6.07) is -0.702. The van der Waals surface area contributed by atoms with Crippen molar-refractivity contribution in [1.29, 1.82) is 0 Å². The Morgan fingerprint density at radius 3 is 1.47 bits per heavy atom. The van der Waals surface area contributed by atoms with E-state index in [0.29, 0.717) is 19.3 Å². The molecule has 3 unspecified atom stereocenters. The first-order valence-electron chi connectivity index (χ1n) is 23.1. The van der Waals surface area contributed by atoms with Crippen LogP contribution in [0.5, 0.6) is 0 Å². The Balaban J connectivity index is 4.52. The number of unbranched alkanes of at least 4 members (excludes halogenated alkanes) is 25. The number of hydrogen-bond donors (Lipinski definition) is 3. The normalized spacial score (nSPS) is 13.5. The molecule has 0 saturated heterocycles. The second-order valence-electron chi connectivity index (χ2n) is 15.8. The van der Waals surface area contributed by atoms with E-state index in [9.17, 15) is 19.8 Å². The molecular weight excluding hydrogens is 659 g/mol. The zero-order chi connectivity index (χ0) is 38.9. The number of amides is 1. The molecule has 0 aliphatic heterocycles. The number of carbonyl (C=O) groups is 2. The first kappa shape index (κ1) is 51.3. The number of aliphatic hydroxyl groups is 2. The van der Waals surface area contributed by atoms with Gasteiger partial charge < -0.3 is 20.3 Å². The van der Waals surface area contributed by atoms with E-state index >= 15 is 0 Å². The number of carbonyl (C=O) groups excluding carboxylic acids is 2. The van der Waals surface area contributed by atoms with Gasteiger partial charge in [-0.05, 0) is 70.6 Å². The SMILES string of the molecule is CCC/C=C\CCCCCCCC(=O)OC(CCCCC/C=C\CCCCC)CC(=O)NC(CO)C(O)CCCCCCCCCCCCCCCC. The first-order chi connectivity index (χ1) is 26.0. The van der Waals surface area contributed by atoms with Gasteiger partial charge in [0.25, 0.3) is 0 Å². The third-order valence-electron chi connectivity index (χ3n) is 10.5. The molecule has 0 aromatic rings. The van der Waals surface area contributed by atoms with E-state index < -0.39 is 18.2 Å². The van der Waals surface area contributed by atoms with Gasteiger partial charge in [-0.1, -0.05) is 180 Å². The molecular formula is C47H89NO5. The maximum Gasteiger partial charge on any atom is 0.306 e. The number of hydrogen-bond acceptors (Lipinski definition) is 5. The van der Waals surface area contributed by atoms with Crippen molar-refractivity contribution in [2.24, 2.45) is 0 Å². The van der Waals surface area contributed by atoms with Crippen LogP contribution in [0.15, 0.2) is 24.3 Å². The molecule has 0 saturated carbocycles. The highest BCUT2D eigenvalue weighted by molar-refractivity contribution is 5.77. The Kier molecular flexibility index (Phi) is 40.2. The van der Waals surface area contributed by atoms with Gasteiger partial charge in [0.15, 0.2) is 0 Å². The fourth-order valence-corrected chi connectivity index (χ4v) is 6.96. The molecule has 6 heteroatoms. The monoisotopic (exact) mass is 748 g/mol. The lowest BCUT2D eigenvalue weighted by molar-refractivity contribution is -0.151. The molecule has 0 heterocycles. The van der Waals surface area contributed by atoms with E-state index in [1.165, 1.54) is 116 Å². The lowest BCUT2D eigenvalue weighted by Gasteiger charge is -2.24. The molecule has 312 valence electrons. The van der Waals surface area contributed by atoms with E-state index in [4.69, 9.17) is 4.74 Å². The topological polar surface area (TPSA) is 95.9 Å². The van der Waals surface area contributed by atoms with E-state index in [-0.39, 0.29) is 24.9 Å². The van der Waals surface area contributed by atoms with Gasteiger partial charge in [-0.2, -0.15) is 0 Å². The second kappa shape index (κ2) is 41.5. The van der Waals surface area contributed by atoms with Gasteiger partial charge in [-0.3, -0.25) is 9.59 Å². The highest BCUT2D eigenvalue weighted by atomic mass is 16.5. The molecule has 53 heavy (non-hydrogen) atoms. The Labute approximate surface area is 329 Å². The van der Waals surface area contributed by atoms with Crippen molar-refractivity contribution in [1.82, 2.24) is 5.32 Å². The van der Waals surface area contributed by atoms with Crippen molar-refractivity contribution in [2.75, 3.05) is 6.61 Å². The largest absolute Gasteiger partial charge is 0.462 e. The summed E-state index contributed by atoms with van der Waals surface area (Å²) in [4.78, 5) is 25.9. The molecule has 1 amide bonds. The van der Waals surface area contributed by atoms with Crippen molar-refractivity contribution < 1.29 is 24.5 Å². The molecule has 0 spiro atoms. The van der Waals surface area contributed by atoms with Gasteiger partial charge in [-0.15, -0.1) is 0 Å². The van der Waals surface area contributed by atoms with Gasteiger partial charge in [-0.25, -0.2) is 0 Å². The number of ether oxygens (including phenoxy) is 1. The van der Waals surface area contributed by atoms with Crippen LogP contribution in [0.2, 0.25) is 0 Å². The van der Waals surface area contributed by atoms with Crippen LogP contribution in [0.25, 0.3) is 0 Å². The van der Waals surface area contributed by atoms with Crippen LogP contribution in [0.4, 0.5) is 0 Å². The molecule has 6 nitrogen and oxygen atoms in total. The van der Waals surface area contributed by atoms with Crippen molar-refractivity contribution in [3.05, 3.63) is 24.3 Å². The number of allylic oxidation sites excluding steroid dienone is 4. The molecule has 0 aromatic heterocycles. The minimum atomic E-state index is -0.787. The summed E-state index contributed by atoms with van der Waals surface area (Å²) in [5, 5.41) is 23.6. The van der Waals surface area contributed by atoms with E-state index in [2.05, 4.69) is 50.4 Å². The van der Waals surface area contributed by atoms with Crippen LogP contribution in [-0.4, -0.2) is 46.9 Å². The van der Waals surface area contributed by atoms with Crippen LogP contribution < -0.4 is 5.32 Å². The smallest absolute Gasteiger partial charge is 0.306 e. The fourth-order valence-electron chi connectivity index (χ4n) is 6.96. The standard InChI is InChI=1S/C47H89NO5/c1-4-7-10-13-16-19-22-23-24-25-27-30-33-36-39-45(50)44(42-49)48-46(51)41-43(38-35-32-29-26-20-17-14-11-8-5-2)53-47(52)40-37-34-31-28-21-18-15-12-9-6-3/h12,15,17,20,43-45,49-50H,4-11,13-14,16,18-19,21-42H2,1-3H3,(H,48,51)/b15-12-,20-17-. The number of rotatable bonds is 41. The minimum absolute atomic E-state index is 0.0662. The second-order valence-corrected chi connectivity index (χ2v) is 15.8. The highest BCUT2D eigenvalue weighted by Crippen LogP contribution is 2.17. The van der Waals surface area contributed by atoms with Gasteiger partial charge in [0.2, 0.25) is 5.91 Å². The van der Waals surface area contributed by atoms with Crippen molar-refractivity contribution >= 4 is 11.9 Å². The zero-order valence-electron chi connectivity index (χ0n) is 35.4. The lowest BCUT2D eigenvalue weighted by atomic mass is 10.0. The minimum Gasteiger partial charge on any atom is -0.462 e. The van der Waals surface area contributed by atoms with Crippen molar-refractivity contribution in [3.8, 4) is 0 Å². The Bertz CT molecular complexity index is 843. The van der Waals surface area contributed by atoms with Crippen LogP contribution in [0.1, 0.15) is 239 Å². The Morgan fingerprint density at radius 1 is 0.528 bits per heavy atom. The molecule has 0 aromatic carbocycles. The predicted molar refractivity (Wildman–Crippen MR) is 227 cm³/mol. The maximum atomic E-state index is 13.1. The predicted octanol–water partition coefficient (Wildman–Crippen LogP) is 13.2. The summed E-state index contributed by atoms with van der Waals surface area (Å²) >= 11 is 0. The highest BCUT2D eigenvalue weighted by Gasteiger charge is 2.24. The molecule has 0 bridgehead atoms. The van der Waals surface area contributed by atoms with E-state index in [0.717, 1.165) is 77.0 Å². The molecule has 0 rings (SSSR count). The molecule has 3 atom stereocenters. The van der Waals surface area contributed by atoms with Gasteiger partial charge in [0.05, 0.1) is 25.2 Å². The number of esters is 1. The summed E-state index contributed by atoms with van der Waals surface area (Å²) in [6.45, 7) is 6.38. The maximum absolute atomic E-state index is 13.1. The summed E-state index contributed by atoms with van der Waals surface area (Å²) in [6.07, 6.45) is 45.2. The summed E-state index contributed by atoms with van der Waals surface area (Å²) in [7, 11) is 0. The third kappa shape index (κ3) is 37.1. The van der Waals surface area contributed by atoms with Crippen molar-refractivity contribution in [2.45, 2.75) is 257 Å². The average molecular weight is 748 g/mol. The van der Waals surface area contributed by atoms with Gasteiger partial charge in [0, 0.05) is 6.42 Å². The molecule has 0 fully saturated rings. The third-order valence-corrected chi connectivity index (χ3v) is 10.5. The molecule has 0 aliphatic rings. The molecule has 3 N–H and O–H groups in total. The molecule has 0 aliphatic carbocycles. The Hall–Kier alpha value is -1.66. The van der Waals surface area contributed by atoms with E-state index in [1.54, 1.807) is 0 Å². The zero-order valence-corrected chi connectivity index (χ0v) is 35.4. The first-order valence-corrected chi connectivity index (χ1v) is 23.1. The average Bonchev–Trinajstić information content (AvgIpc) is 3.15. The number of aliphatic hydroxyl groups excluding tert-OH is 2. The van der Waals surface area contributed by atoms with Crippen LogP contribution in [0.3, 0.4) is 0 Å². The Morgan fingerprint density at radius 2 is 0.943 bits per heavy atom. The summed E-state index contributed by atoms with van der Waals surface area (Å²) < 4.78 is 5.87. The lowest BCUT2D eigenvalue weighted by Crippen LogP contribution is -2.46. The number of nitrogens with one attached hydrogen (secondary N) is 1. The van der Waals surface area contributed by atoms with Gasteiger partial charge in [0.1, 0.15) is 6.10 Å². The summed E-state index contributed by atoms with van der Waals surface area (Å²) in [5.74, 6) is -0.498. The van der Waals surface area contributed by atoms with Crippen molar-refractivity contribution in [3.63, 3.8) is 0 Å². The summed E-state index contributed by atoms with van der Waals surface area (Å²) in [5.41, 5.74) is 0. The van der Waals surface area contributed by atoms with Crippen LogP contribution in [0, 0.1) is 0 Å². The molecule has 0 radical (unpaired) electrons. The van der Waals surface area contributed by atoms with Crippen LogP contribution >= 0.6 is 0 Å². The quantitative estimate of drug-likeness (QED) is 0.0329. The van der Waals surface area contributed by atoms with Crippen LogP contribution in [-0.2, 0) is 14.3 Å².